The summed E-state index contributed by atoms with van der Waals surface area (Å²) in [6.45, 7) is 6.00. The molecule has 0 radical (unpaired) electrons. The van der Waals surface area contributed by atoms with Crippen molar-refractivity contribution in [3.63, 3.8) is 0 Å². The molecule has 0 aromatic heterocycles. The highest BCUT2D eigenvalue weighted by Crippen LogP contribution is 2.70. The van der Waals surface area contributed by atoms with Gasteiger partial charge in [-0.2, -0.15) is 0 Å². The number of aliphatic hydroxyl groups excluding tert-OH is 1. The van der Waals surface area contributed by atoms with Gasteiger partial charge in [0.2, 0.25) is 5.78 Å². The molecule has 0 aliphatic heterocycles. The first-order valence-electron chi connectivity index (χ1n) is 12.6. The number of halogens is 1. The molecule has 0 aromatic carbocycles. The quantitative estimate of drug-likeness (QED) is 0.567. The SMILES string of the molecule is CCCC(=O)O[C@@]1(C(=O)COC(C)=O)CC[C@@H]2[C@H]3CCC4=CC(=O)C=C[C@@]4(C)[C@]3(F)[C@H](O)C[C@]21C. The van der Waals surface area contributed by atoms with Crippen LogP contribution in [0.3, 0.4) is 0 Å². The summed E-state index contributed by atoms with van der Waals surface area (Å²) in [6.07, 6.45) is 5.05. The summed E-state index contributed by atoms with van der Waals surface area (Å²) >= 11 is 0. The van der Waals surface area contributed by atoms with Crippen LogP contribution in [-0.4, -0.2) is 52.6 Å². The van der Waals surface area contributed by atoms with Crippen LogP contribution in [0.15, 0.2) is 23.8 Å². The summed E-state index contributed by atoms with van der Waals surface area (Å²) in [5, 5.41) is 11.5. The Kier molecular flexibility index (Phi) is 6.36. The first-order chi connectivity index (χ1) is 16.4. The van der Waals surface area contributed by atoms with Gasteiger partial charge < -0.3 is 14.6 Å². The molecule has 0 saturated heterocycles. The van der Waals surface area contributed by atoms with Crippen LogP contribution in [0.4, 0.5) is 4.39 Å². The minimum atomic E-state index is -2.04. The minimum Gasteiger partial charge on any atom is -0.458 e. The third-order valence-corrected chi connectivity index (χ3v) is 9.36. The smallest absolute Gasteiger partial charge is 0.306 e. The number of fused-ring (bicyclic) bond motifs is 5. The Morgan fingerprint density at radius 2 is 1.91 bits per heavy atom. The van der Waals surface area contributed by atoms with Crippen LogP contribution in [0, 0.1) is 22.7 Å². The molecule has 4 rings (SSSR count). The Labute approximate surface area is 205 Å². The van der Waals surface area contributed by atoms with Crippen LogP contribution in [0.25, 0.3) is 0 Å². The second kappa shape index (κ2) is 8.64. The molecule has 0 amide bonds. The highest BCUT2D eigenvalue weighted by atomic mass is 19.1. The standard InChI is InChI=1S/C27H35FO7/c1-5-6-23(33)35-26(22(32)15-34-16(2)29)12-10-19-20-8-7-17-13-18(30)9-11-24(17,3)27(20,28)21(31)14-25(19,26)4/h9,11,13,19-21,31H,5-8,10,12,14-15H2,1-4H3/t19-,20-,21-,24-,25-,26-,27-/m1/s1. The second-order valence-corrected chi connectivity index (χ2v) is 11.1. The van der Waals surface area contributed by atoms with E-state index in [1.54, 1.807) is 19.9 Å². The van der Waals surface area contributed by atoms with Gasteiger partial charge in [0.15, 0.2) is 23.7 Å². The number of carbonyl (C=O) groups is 4. The molecule has 1 N–H and O–H groups in total. The van der Waals surface area contributed by atoms with Gasteiger partial charge in [-0.3, -0.25) is 19.2 Å². The highest BCUT2D eigenvalue weighted by Gasteiger charge is 2.75. The summed E-state index contributed by atoms with van der Waals surface area (Å²) in [6, 6.07) is 0. The minimum absolute atomic E-state index is 0.0967. The number of alkyl halides is 1. The van der Waals surface area contributed by atoms with Gasteiger partial charge in [0.25, 0.3) is 0 Å². The molecule has 0 bridgehead atoms. The van der Waals surface area contributed by atoms with Crippen molar-refractivity contribution in [2.75, 3.05) is 6.61 Å². The predicted octanol–water partition coefficient (Wildman–Crippen LogP) is 3.57. The van der Waals surface area contributed by atoms with Crippen LogP contribution in [-0.2, 0) is 28.7 Å². The lowest BCUT2D eigenvalue weighted by Crippen LogP contribution is -2.69. The fraction of sp³-hybridized carbons (Fsp3) is 0.704. The zero-order valence-electron chi connectivity index (χ0n) is 20.9. The van der Waals surface area contributed by atoms with Crippen molar-refractivity contribution in [2.45, 2.75) is 90.0 Å². The van der Waals surface area contributed by atoms with Crippen molar-refractivity contribution in [3.8, 4) is 0 Å². The van der Waals surface area contributed by atoms with E-state index in [1.165, 1.54) is 19.1 Å². The van der Waals surface area contributed by atoms with Crippen LogP contribution in [0.1, 0.15) is 72.6 Å². The molecule has 0 spiro atoms. The molecular formula is C27H35FO7. The monoisotopic (exact) mass is 490 g/mol. The molecule has 4 aliphatic carbocycles. The number of aliphatic hydroxyl groups is 1. The van der Waals surface area contributed by atoms with E-state index in [0.29, 0.717) is 31.3 Å². The van der Waals surface area contributed by atoms with E-state index >= 15 is 4.39 Å². The Balaban J connectivity index is 1.77. The number of allylic oxidation sites excluding steroid dienone is 4. The van der Waals surface area contributed by atoms with E-state index in [2.05, 4.69) is 0 Å². The van der Waals surface area contributed by atoms with Crippen molar-refractivity contribution in [2.24, 2.45) is 22.7 Å². The van der Waals surface area contributed by atoms with Gasteiger partial charge in [-0.1, -0.05) is 25.5 Å². The molecule has 3 fully saturated rings. The summed E-state index contributed by atoms with van der Waals surface area (Å²) in [5.74, 6) is -2.84. The van der Waals surface area contributed by atoms with Crippen LogP contribution in [0.2, 0.25) is 0 Å². The van der Waals surface area contributed by atoms with Crippen molar-refractivity contribution in [1.29, 1.82) is 0 Å². The Morgan fingerprint density at radius 3 is 2.57 bits per heavy atom. The van der Waals surface area contributed by atoms with E-state index in [-0.39, 0.29) is 31.0 Å². The van der Waals surface area contributed by atoms with Crippen molar-refractivity contribution >= 4 is 23.5 Å². The number of hydrogen-bond acceptors (Lipinski definition) is 7. The average Bonchev–Trinajstić information content (AvgIpc) is 3.06. The van der Waals surface area contributed by atoms with E-state index in [9.17, 15) is 24.3 Å². The lowest BCUT2D eigenvalue weighted by Gasteiger charge is -2.62. The van der Waals surface area contributed by atoms with Crippen molar-refractivity contribution < 1.29 is 38.1 Å². The van der Waals surface area contributed by atoms with Gasteiger partial charge in [-0.15, -0.1) is 0 Å². The Hall–Kier alpha value is -2.35. The number of rotatable bonds is 6. The van der Waals surface area contributed by atoms with Crippen LogP contribution >= 0.6 is 0 Å². The fourth-order valence-corrected chi connectivity index (χ4v) is 7.61. The lowest BCUT2D eigenvalue weighted by atomic mass is 9.44. The molecule has 7 nitrogen and oxygen atoms in total. The Morgan fingerprint density at radius 1 is 1.20 bits per heavy atom. The lowest BCUT2D eigenvalue weighted by molar-refractivity contribution is -0.225. The van der Waals surface area contributed by atoms with Crippen molar-refractivity contribution in [3.05, 3.63) is 23.8 Å². The summed E-state index contributed by atoms with van der Waals surface area (Å²) in [7, 11) is 0. The first-order valence-corrected chi connectivity index (χ1v) is 12.6. The molecule has 35 heavy (non-hydrogen) atoms. The maximum atomic E-state index is 17.2. The summed E-state index contributed by atoms with van der Waals surface area (Å²) in [5.41, 5.74) is -5.16. The molecule has 8 heteroatoms. The fourth-order valence-electron chi connectivity index (χ4n) is 7.61. The third-order valence-electron chi connectivity index (χ3n) is 9.36. The number of Topliss-reactive ketones (excluding diaryl/α,β-unsaturated/α-hetero) is 1. The van der Waals surface area contributed by atoms with Gasteiger partial charge in [-0.25, -0.2) is 4.39 Å². The normalized spacial score (nSPS) is 41.8. The molecule has 0 aromatic rings. The van der Waals surface area contributed by atoms with E-state index in [1.807, 2.05) is 6.92 Å². The predicted molar refractivity (Wildman–Crippen MR) is 124 cm³/mol. The Bertz CT molecular complexity index is 1020. The van der Waals surface area contributed by atoms with Gasteiger partial charge >= 0.3 is 11.9 Å². The number of esters is 2. The second-order valence-electron chi connectivity index (χ2n) is 11.1. The maximum absolute atomic E-state index is 17.2. The zero-order chi connectivity index (χ0) is 25.8. The largest absolute Gasteiger partial charge is 0.458 e. The maximum Gasteiger partial charge on any atom is 0.306 e. The molecule has 0 heterocycles. The van der Waals surface area contributed by atoms with E-state index < -0.39 is 58.5 Å². The molecule has 0 unspecified atom stereocenters. The average molecular weight is 491 g/mol. The number of ether oxygens (including phenoxy) is 2. The van der Waals surface area contributed by atoms with E-state index in [4.69, 9.17) is 9.47 Å². The molecule has 3 saturated carbocycles. The highest BCUT2D eigenvalue weighted by molar-refractivity contribution is 6.01. The molecule has 4 aliphatic rings. The first kappa shape index (κ1) is 25.7. The topological polar surface area (TPSA) is 107 Å². The molecule has 7 atom stereocenters. The molecular weight excluding hydrogens is 455 g/mol. The van der Waals surface area contributed by atoms with Crippen LogP contribution in [0.5, 0.6) is 0 Å². The van der Waals surface area contributed by atoms with Crippen LogP contribution < -0.4 is 0 Å². The summed E-state index contributed by atoms with van der Waals surface area (Å²) < 4.78 is 28.2. The third kappa shape index (κ3) is 3.54. The van der Waals surface area contributed by atoms with Crippen molar-refractivity contribution in [1.82, 2.24) is 0 Å². The van der Waals surface area contributed by atoms with Gasteiger partial charge in [-0.05, 0) is 63.5 Å². The summed E-state index contributed by atoms with van der Waals surface area (Å²) in [4.78, 5) is 49.7. The number of hydrogen-bond donors (Lipinski definition) is 1. The van der Waals surface area contributed by atoms with Gasteiger partial charge in [0.05, 0.1) is 6.10 Å². The number of ketones is 2. The van der Waals surface area contributed by atoms with E-state index in [0.717, 1.165) is 0 Å². The zero-order valence-corrected chi connectivity index (χ0v) is 20.9. The molecule has 192 valence electrons. The van der Waals surface area contributed by atoms with Gasteiger partial charge in [0, 0.05) is 30.1 Å². The van der Waals surface area contributed by atoms with Gasteiger partial charge in [0.1, 0.15) is 0 Å². The number of carbonyl (C=O) groups excluding carboxylic acids is 4.